The van der Waals surface area contributed by atoms with Gasteiger partial charge in [-0.15, -0.1) is 0 Å². The van der Waals surface area contributed by atoms with Gasteiger partial charge in [-0.25, -0.2) is 13.2 Å². The molecule has 0 aliphatic carbocycles. The predicted octanol–water partition coefficient (Wildman–Crippen LogP) is 3.79. The Hall–Kier alpha value is -1.03. The normalized spacial score (nSPS) is 12.7. The van der Waals surface area contributed by atoms with Gasteiger partial charge in [-0.05, 0) is 43.9 Å². The number of unbranched alkanes of at least 4 members (excludes halogenated alkanes) is 3. The van der Waals surface area contributed by atoms with Crippen molar-refractivity contribution < 1.29 is 18.3 Å². The molecule has 1 aromatic carbocycles. The summed E-state index contributed by atoms with van der Waals surface area (Å²) in [5.41, 5.74) is 0.476. The minimum absolute atomic E-state index is 0.476. The molecule has 4 heteroatoms. The summed E-state index contributed by atoms with van der Waals surface area (Å²) in [6, 6.07) is 2.08. The molecule has 1 aromatic rings. The SMILES string of the molecule is [CH2]C(O)CCCCCCc1cc(F)c(F)c(F)c1. The van der Waals surface area contributed by atoms with E-state index in [0.29, 0.717) is 18.4 Å². The first-order valence-corrected chi connectivity index (χ1v) is 6.15. The van der Waals surface area contributed by atoms with E-state index in [9.17, 15) is 13.2 Å². The standard InChI is InChI=1S/C14H18F3O/c1-10(18)6-4-2-3-5-7-11-8-12(15)14(17)13(16)9-11/h8-10,18H,1-7H2. The summed E-state index contributed by atoms with van der Waals surface area (Å²) < 4.78 is 38.5. The van der Waals surface area contributed by atoms with Crippen molar-refractivity contribution in [1.29, 1.82) is 0 Å². The Morgan fingerprint density at radius 3 is 2.11 bits per heavy atom. The highest BCUT2D eigenvalue weighted by Gasteiger charge is 2.10. The van der Waals surface area contributed by atoms with Gasteiger partial charge in [0.05, 0.1) is 6.10 Å². The Bertz CT molecular complexity index is 354. The van der Waals surface area contributed by atoms with Crippen molar-refractivity contribution in [3.63, 3.8) is 0 Å². The van der Waals surface area contributed by atoms with Crippen LogP contribution in [0.25, 0.3) is 0 Å². The molecule has 1 N–H and O–H groups in total. The number of benzene rings is 1. The Labute approximate surface area is 106 Å². The second-order valence-electron chi connectivity index (χ2n) is 4.48. The highest BCUT2D eigenvalue weighted by molar-refractivity contribution is 5.19. The number of hydrogen-bond donors (Lipinski definition) is 1. The molecule has 1 rings (SSSR count). The molecular formula is C14H18F3O. The maximum absolute atomic E-state index is 12.9. The van der Waals surface area contributed by atoms with Gasteiger partial charge >= 0.3 is 0 Å². The molecule has 0 spiro atoms. The van der Waals surface area contributed by atoms with E-state index in [-0.39, 0.29) is 0 Å². The van der Waals surface area contributed by atoms with Crippen molar-refractivity contribution in [3.05, 3.63) is 42.1 Å². The molecule has 1 unspecified atom stereocenters. The van der Waals surface area contributed by atoms with E-state index in [4.69, 9.17) is 5.11 Å². The molecule has 18 heavy (non-hydrogen) atoms. The van der Waals surface area contributed by atoms with Gasteiger partial charge < -0.3 is 5.11 Å². The van der Waals surface area contributed by atoms with Gasteiger partial charge in [0.1, 0.15) is 0 Å². The predicted molar refractivity (Wildman–Crippen MR) is 64.5 cm³/mol. The van der Waals surface area contributed by atoms with E-state index >= 15 is 0 Å². The topological polar surface area (TPSA) is 20.2 Å². The molecule has 0 fully saturated rings. The van der Waals surface area contributed by atoms with Crippen molar-refractivity contribution in [2.24, 2.45) is 0 Å². The van der Waals surface area contributed by atoms with E-state index in [0.717, 1.165) is 37.8 Å². The second kappa shape index (κ2) is 7.41. The van der Waals surface area contributed by atoms with E-state index in [2.05, 4.69) is 6.92 Å². The van der Waals surface area contributed by atoms with Crippen LogP contribution in [0.5, 0.6) is 0 Å². The van der Waals surface area contributed by atoms with E-state index in [1.54, 1.807) is 0 Å². The minimum Gasteiger partial charge on any atom is -0.393 e. The van der Waals surface area contributed by atoms with Gasteiger partial charge in [0.25, 0.3) is 0 Å². The molecule has 1 nitrogen and oxygen atoms in total. The lowest BCUT2D eigenvalue weighted by atomic mass is 10.0. The van der Waals surface area contributed by atoms with Crippen molar-refractivity contribution in [2.75, 3.05) is 0 Å². The molecule has 0 amide bonds. The Morgan fingerprint density at radius 1 is 1.00 bits per heavy atom. The third-order valence-corrected chi connectivity index (χ3v) is 2.80. The average molecular weight is 259 g/mol. The number of aliphatic hydroxyl groups excluding tert-OH is 1. The van der Waals surface area contributed by atoms with Crippen LogP contribution in [0.15, 0.2) is 12.1 Å². The molecule has 0 heterocycles. The van der Waals surface area contributed by atoms with Crippen molar-refractivity contribution in [1.82, 2.24) is 0 Å². The number of aliphatic hydroxyl groups is 1. The molecule has 0 aliphatic heterocycles. The van der Waals surface area contributed by atoms with Crippen LogP contribution in [0.4, 0.5) is 13.2 Å². The maximum atomic E-state index is 12.9. The fourth-order valence-corrected chi connectivity index (χ4v) is 1.81. The molecule has 101 valence electrons. The Kier molecular flexibility index (Phi) is 6.19. The van der Waals surface area contributed by atoms with Crippen LogP contribution in [-0.4, -0.2) is 11.2 Å². The summed E-state index contributed by atoms with van der Waals surface area (Å²) in [5, 5.41) is 8.94. The van der Waals surface area contributed by atoms with Crippen molar-refractivity contribution in [2.45, 2.75) is 44.6 Å². The smallest absolute Gasteiger partial charge is 0.194 e. The van der Waals surface area contributed by atoms with Crippen LogP contribution in [0, 0.1) is 24.4 Å². The third kappa shape index (κ3) is 5.08. The lowest BCUT2D eigenvalue weighted by Gasteiger charge is -2.05. The van der Waals surface area contributed by atoms with Crippen LogP contribution in [0.2, 0.25) is 0 Å². The summed E-state index contributed by atoms with van der Waals surface area (Å²) in [5.74, 6) is -3.68. The number of aryl methyl sites for hydroxylation is 1. The molecule has 1 atom stereocenters. The van der Waals surface area contributed by atoms with Crippen LogP contribution in [-0.2, 0) is 6.42 Å². The van der Waals surface area contributed by atoms with Gasteiger partial charge in [0.15, 0.2) is 17.5 Å². The summed E-state index contributed by atoms with van der Waals surface area (Å²) in [6.45, 7) is 3.47. The molecule has 1 radical (unpaired) electrons. The van der Waals surface area contributed by atoms with Crippen molar-refractivity contribution >= 4 is 0 Å². The zero-order chi connectivity index (χ0) is 13.5. The number of halogens is 3. The maximum Gasteiger partial charge on any atom is 0.194 e. The average Bonchev–Trinajstić information content (AvgIpc) is 2.30. The summed E-state index contributed by atoms with van der Waals surface area (Å²) in [4.78, 5) is 0. The van der Waals surface area contributed by atoms with Crippen molar-refractivity contribution in [3.8, 4) is 0 Å². The fraction of sp³-hybridized carbons (Fsp3) is 0.500. The second-order valence-corrected chi connectivity index (χ2v) is 4.48. The Morgan fingerprint density at radius 2 is 1.56 bits per heavy atom. The lowest BCUT2D eigenvalue weighted by Crippen LogP contribution is -1.99. The monoisotopic (exact) mass is 259 g/mol. The lowest BCUT2D eigenvalue weighted by molar-refractivity contribution is 0.205. The molecular weight excluding hydrogens is 241 g/mol. The van der Waals surface area contributed by atoms with Gasteiger partial charge in [-0.2, -0.15) is 0 Å². The van der Waals surface area contributed by atoms with Crippen LogP contribution in [0.3, 0.4) is 0 Å². The van der Waals surface area contributed by atoms with Gasteiger partial charge in [0.2, 0.25) is 0 Å². The minimum atomic E-state index is -1.41. The molecule has 0 saturated carbocycles. The first-order valence-electron chi connectivity index (χ1n) is 6.15. The molecule has 0 bridgehead atoms. The van der Waals surface area contributed by atoms with Gasteiger partial charge in [0, 0.05) is 0 Å². The third-order valence-electron chi connectivity index (χ3n) is 2.80. The van der Waals surface area contributed by atoms with E-state index < -0.39 is 23.6 Å². The van der Waals surface area contributed by atoms with E-state index in [1.807, 2.05) is 0 Å². The first-order chi connectivity index (χ1) is 8.50. The van der Waals surface area contributed by atoms with Crippen LogP contribution in [0.1, 0.15) is 37.7 Å². The number of rotatable bonds is 7. The molecule has 0 saturated heterocycles. The zero-order valence-corrected chi connectivity index (χ0v) is 10.3. The molecule has 0 aliphatic rings. The summed E-state index contributed by atoms with van der Waals surface area (Å²) in [6.07, 6.45) is 4.20. The van der Waals surface area contributed by atoms with Crippen LogP contribution >= 0.6 is 0 Å². The number of hydrogen-bond acceptors (Lipinski definition) is 1. The highest BCUT2D eigenvalue weighted by atomic mass is 19.2. The summed E-state index contributed by atoms with van der Waals surface area (Å²) in [7, 11) is 0. The quantitative estimate of drug-likeness (QED) is 0.583. The first kappa shape index (κ1) is 15.0. The molecule has 0 aromatic heterocycles. The highest BCUT2D eigenvalue weighted by Crippen LogP contribution is 2.16. The largest absolute Gasteiger partial charge is 0.393 e. The Balaban J connectivity index is 2.27. The zero-order valence-electron chi connectivity index (χ0n) is 10.3. The fourth-order valence-electron chi connectivity index (χ4n) is 1.81. The summed E-state index contributed by atoms with van der Waals surface area (Å²) >= 11 is 0. The van der Waals surface area contributed by atoms with Gasteiger partial charge in [-0.3, -0.25) is 0 Å². The van der Waals surface area contributed by atoms with E-state index in [1.165, 1.54) is 0 Å². The van der Waals surface area contributed by atoms with Gasteiger partial charge in [-0.1, -0.05) is 19.3 Å². The van der Waals surface area contributed by atoms with Crippen LogP contribution < -0.4 is 0 Å².